The summed E-state index contributed by atoms with van der Waals surface area (Å²) in [6.07, 6.45) is 1.37. The number of hydrogen-bond acceptors (Lipinski definition) is 3. The van der Waals surface area contributed by atoms with E-state index in [9.17, 15) is 4.79 Å². The first-order chi connectivity index (χ1) is 7.69. The summed E-state index contributed by atoms with van der Waals surface area (Å²) in [5.74, 6) is 0.0941. The van der Waals surface area contributed by atoms with Crippen LogP contribution in [0.1, 0.15) is 18.9 Å². The van der Waals surface area contributed by atoms with Crippen molar-refractivity contribution in [3.05, 3.63) is 23.8 Å². The second kappa shape index (κ2) is 4.89. The van der Waals surface area contributed by atoms with Gasteiger partial charge in [0.05, 0.1) is 6.61 Å². The van der Waals surface area contributed by atoms with E-state index in [-0.39, 0.29) is 17.8 Å². The Kier molecular flexibility index (Phi) is 3.51. The Morgan fingerprint density at radius 3 is 3.06 bits per heavy atom. The fraction of sp³-hybridized carbons (Fsp3) is 0.417. The number of aryl methyl sites for hydroxylation is 1. The van der Waals surface area contributed by atoms with Gasteiger partial charge in [0.15, 0.2) is 0 Å². The van der Waals surface area contributed by atoms with E-state index in [1.807, 2.05) is 19.1 Å². The van der Waals surface area contributed by atoms with Crippen LogP contribution in [0.4, 0.5) is 5.69 Å². The lowest BCUT2D eigenvalue weighted by atomic mass is 10.0. The fourth-order valence-corrected chi connectivity index (χ4v) is 2.60. The monoisotopic (exact) mass is 237 g/mol. The minimum atomic E-state index is 0.0941. The maximum atomic E-state index is 11.2. The Hall–Kier alpha value is -1.00. The Morgan fingerprint density at radius 2 is 2.31 bits per heavy atom. The average Bonchev–Trinajstić information content (AvgIpc) is 2.29. The quantitative estimate of drug-likeness (QED) is 0.791. The molecule has 0 saturated heterocycles. The Labute approximate surface area is 99.2 Å². The summed E-state index contributed by atoms with van der Waals surface area (Å²) >= 11 is 1.65. The van der Waals surface area contributed by atoms with Gasteiger partial charge < -0.3 is 10.4 Å². The van der Waals surface area contributed by atoms with Crippen LogP contribution in [0.25, 0.3) is 0 Å². The number of fused-ring (bicyclic) bond motifs is 1. The summed E-state index contributed by atoms with van der Waals surface area (Å²) in [5, 5.41) is 12.1. The zero-order valence-corrected chi connectivity index (χ0v) is 10.0. The van der Waals surface area contributed by atoms with Crippen molar-refractivity contribution in [3.8, 4) is 0 Å². The molecule has 1 aliphatic heterocycles. The van der Waals surface area contributed by atoms with Crippen LogP contribution in [-0.4, -0.2) is 22.9 Å². The highest BCUT2D eigenvalue weighted by atomic mass is 32.2. The number of thioether (sulfide) groups is 1. The molecule has 16 heavy (non-hydrogen) atoms. The number of anilines is 1. The molecule has 1 amide bonds. The number of aliphatic hydroxyl groups excluding tert-OH is 1. The maximum Gasteiger partial charge on any atom is 0.224 e. The third-order valence-electron chi connectivity index (χ3n) is 2.57. The molecule has 1 aromatic carbocycles. The predicted octanol–water partition coefficient (Wildman–Crippen LogP) is 2.04. The molecule has 3 nitrogen and oxygen atoms in total. The number of hydrogen-bond donors (Lipinski definition) is 2. The van der Waals surface area contributed by atoms with E-state index in [1.54, 1.807) is 11.8 Å². The highest BCUT2D eigenvalue weighted by Crippen LogP contribution is 2.30. The lowest BCUT2D eigenvalue weighted by Gasteiger charge is -2.18. The van der Waals surface area contributed by atoms with Crippen LogP contribution in [0.5, 0.6) is 0 Å². The third-order valence-corrected chi connectivity index (χ3v) is 3.64. The molecule has 0 saturated carbocycles. The van der Waals surface area contributed by atoms with E-state index >= 15 is 0 Å². The largest absolute Gasteiger partial charge is 0.395 e. The molecule has 0 aromatic heterocycles. The van der Waals surface area contributed by atoms with Crippen molar-refractivity contribution in [1.29, 1.82) is 0 Å². The van der Waals surface area contributed by atoms with Gasteiger partial charge in [0.2, 0.25) is 5.91 Å². The number of benzene rings is 1. The van der Waals surface area contributed by atoms with Crippen LogP contribution in [0.3, 0.4) is 0 Å². The first-order valence-corrected chi connectivity index (χ1v) is 6.27. The van der Waals surface area contributed by atoms with Gasteiger partial charge in [-0.3, -0.25) is 4.79 Å². The van der Waals surface area contributed by atoms with Crippen LogP contribution >= 0.6 is 11.8 Å². The second-order valence-corrected chi connectivity index (χ2v) is 5.49. The van der Waals surface area contributed by atoms with Gasteiger partial charge in [-0.1, -0.05) is 6.92 Å². The zero-order valence-electron chi connectivity index (χ0n) is 9.19. The molecular weight excluding hydrogens is 222 g/mol. The van der Waals surface area contributed by atoms with Crippen molar-refractivity contribution in [2.45, 2.75) is 29.9 Å². The molecule has 4 heteroatoms. The summed E-state index contributed by atoms with van der Waals surface area (Å²) in [7, 11) is 0. The van der Waals surface area contributed by atoms with Crippen molar-refractivity contribution in [2.24, 2.45) is 0 Å². The lowest BCUT2D eigenvalue weighted by Crippen LogP contribution is -2.18. The van der Waals surface area contributed by atoms with E-state index < -0.39 is 0 Å². The van der Waals surface area contributed by atoms with Gasteiger partial charge in [-0.25, -0.2) is 0 Å². The van der Waals surface area contributed by atoms with E-state index in [0.29, 0.717) is 6.42 Å². The van der Waals surface area contributed by atoms with E-state index in [4.69, 9.17) is 5.11 Å². The normalized spacial score (nSPS) is 16.5. The van der Waals surface area contributed by atoms with Gasteiger partial charge >= 0.3 is 0 Å². The van der Waals surface area contributed by atoms with Crippen LogP contribution < -0.4 is 5.32 Å². The van der Waals surface area contributed by atoms with Crippen LogP contribution in [-0.2, 0) is 11.2 Å². The highest BCUT2D eigenvalue weighted by Gasteiger charge is 2.15. The number of amides is 1. The highest BCUT2D eigenvalue weighted by molar-refractivity contribution is 8.00. The summed E-state index contributed by atoms with van der Waals surface area (Å²) in [6.45, 7) is 2.17. The smallest absolute Gasteiger partial charge is 0.224 e. The Balaban J connectivity index is 2.16. The molecule has 2 rings (SSSR count). The molecule has 1 heterocycles. The summed E-state index contributed by atoms with van der Waals surface area (Å²) in [5.41, 5.74) is 2.12. The molecule has 2 N–H and O–H groups in total. The first kappa shape index (κ1) is 11.5. The van der Waals surface area contributed by atoms with Gasteiger partial charge in [0.25, 0.3) is 0 Å². The van der Waals surface area contributed by atoms with Gasteiger partial charge in [0, 0.05) is 22.3 Å². The topological polar surface area (TPSA) is 49.3 Å². The molecule has 86 valence electrons. The molecule has 0 fully saturated rings. The molecule has 1 aliphatic rings. The maximum absolute atomic E-state index is 11.2. The molecule has 1 aromatic rings. The number of carbonyl (C=O) groups excluding carboxylic acids is 1. The molecule has 0 spiro atoms. The molecule has 0 radical (unpaired) electrons. The SMILES string of the molecule is CC(CO)Sc1ccc2c(c1)CCC(=O)N2. The molecule has 1 atom stereocenters. The minimum Gasteiger partial charge on any atom is -0.395 e. The summed E-state index contributed by atoms with van der Waals surface area (Å²) < 4.78 is 0. The van der Waals surface area contributed by atoms with Gasteiger partial charge in [-0.15, -0.1) is 11.8 Å². The van der Waals surface area contributed by atoms with Crippen molar-refractivity contribution >= 4 is 23.4 Å². The van der Waals surface area contributed by atoms with E-state index in [0.717, 1.165) is 17.0 Å². The average molecular weight is 237 g/mol. The molecule has 0 aliphatic carbocycles. The molecule has 0 bridgehead atoms. The number of rotatable bonds is 3. The lowest BCUT2D eigenvalue weighted by molar-refractivity contribution is -0.116. The van der Waals surface area contributed by atoms with Gasteiger partial charge in [-0.05, 0) is 30.2 Å². The second-order valence-electron chi connectivity index (χ2n) is 3.98. The first-order valence-electron chi connectivity index (χ1n) is 5.39. The third kappa shape index (κ3) is 2.57. The van der Waals surface area contributed by atoms with Crippen LogP contribution in [0, 0.1) is 0 Å². The number of carbonyl (C=O) groups is 1. The zero-order chi connectivity index (χ0) is 11.5. The summed E-state index contributed by atoms with van der Waals surface area (Å²) in [4.78, 5) is 12.3. The number of aliphatic hydroxyl groups is 1. The molecule has 1 unspecified atom stereocenters. The van der Waals surface area contributed by atoms with Crippen molar-refractivity contribution in [1.82, 2.24) is 0 Å². The van der Waals surface area contributed by atoms with Crippen LogP contribution in [0.15, 0.2) is 23.1 Å². The van der Waals surface area contributed by atoms with Gasteiger partial charge in [0.1, 0.15) is 0 Å². The van der Waals surface area contributed by atoms with Crippen molar-refractivity contribution < 1.29 is 9.90 Å². The summed E-state index contributed by atoms with van der Waals surface area (Å²) in [6, 6.07) is 6.03. The number of nitrogens with one attached hydrogen (secondary N) is 1. The van der Waals surface area contributed by atoms with E-state index in [2.05, 4.69) is 11.4 Å². The van der Waals surface area contributed by atoms with Gasteiger partial charge in [-0.2, -0.15) is 0 Å². The fourth-order valence-electron chi connectivity index (χ4n) is 1.70. The van der Waals surface area contributed by atoms with Crippen molar-refractivity contribution in [3.63, 3.8) is 0 Å². The van der Waals surface area contributed by atoms with Crippen LogP contribution in [0.2, 0.25) is 0 Å². The minimum absolute atomic E-state index is 0.0941. The Morgan fingerprint density at radius 1 is 1.50 bits per heavy atom. The van der Waals surface area contributed by atoms with Crippen molar-refractivity contribution in [2.75, 3.05) is 11.9 Å². The van der Waals surface area contributed by atoms with E-state index in [1.165, 1.54) is 5.56 Å². The Bertz CT molecular complexity index is 406. The standard InChI is InChI=1S/C12H15NO2S/c1-8(7-14)16-10-3-4-11-9(6-10)2-5-12(15)13-11/h3-4,6,8,14H,2,5,7H2,1H3,(H,13,15). The predicted molar refractivity (Wildman–Crippen MR) is 65.8 cm³/mol. The molecular formula is C12H15NO2S.